The van der Waals surface area contributed by atoms with E-state index in [9.17, 15) is 5.11 Å². The van der Waals surface area contributed by atoms with Crippen molar-refractivity contribution in [3.63, 3.8) is 0 Å². The molecule has 0 aromatic heterocycles. The van der Waals surface area contributed by atoms with Crippen molar-refractivity contribution in [3.05, 3.63) is 0 Å². The minimum atomic E-state index is -0.672. The van der Waals surface area contributed by atoms with Crippen LogP contribution in [0.3, 0.4) is 0 Å². The zero-order chi connectivity index (χ0) is 8.74. The monoisotopic (exact) mass is 177 g/mol. The molecule has 11 heavy (non-hydrogen) atoms. The molecule has 0 heterocycles. The average Bonchev–Trinajstić information content (AvgIpc) is 1.99. The van der Waals surface area contributed by atoms with E-state index in [4.69, 9.17) is 0 Å². The maximum atomic E-state index is 9.50. The summed E-state index contributed by atoms with van der Waals surface area (Å²) in [5.74, 6) is 2.22. The van der Waals surface area contributed by atoms with Crippen LogP contribution in [0.1, 0.15) is 27.2 Å². The highest BCUT2D eigenvalue weighted by Crippen LogP contribution is 2.03. The molecule has 2 N–H and O–H groups in total. The van der Waals surface area contributed by atoms with Gasteiger partial charge in [-0.3, -0.25) is 5.32 Å². The van der Waals surface area contributed by atoms with Gasteiger partial charge in [0.25, 0.3) is 0 Å². The Balaban J connectivity index is 3.23. The Labute approximate surface area is 73.8 Å². The van der Waals surface area contributed by atoms with Crippen molar-refractivity contribution >= 4 is 11.8 Å². The summed E-state index contributed by atoms with van der Waals surface area (Å²) in [6, 6.07) is 0. The van der Waals surface area contributed by atoms with Crippen LogP contribution in [0, 0.1) is 0 Å². The Hall–Kier alpha value is 0.270. The molecule has 0 rings (SSSR count). The maximum Gasteiger partial charge on any atom is 0.112 e. The van der Waals surface area contributed by atoms with E-state index < -0.39 is 5.72 Å². The van der Waals surface area contributed by atoms with Crippen LogP contribution >= 0.6 is 11.8 Å². The van der Waals surface area contributed by atoms with Crippen molar-refractivity contribution in [2.24, 2.45) is 0 Å². The summed E-state index contributed by atoms with van der Waals surface area (Å²) in [4.78, 5) is 0. The van der Waals surface area contributed by atoms with E-state index in [1.165, 1.54) is 0 Å². The van der Waals surface area contributed by atoms with Crippen LogP contribution in [0.25, 0.3) is 0 Å². The number of hydrogen-bond donors (Lipinski definition) is 2. The molecule has 0 fully saturated rings. The van der Waals surface area contributed by atoms with Gasteiger partial charge in [0.15, 0.2) is 0 Å². The van der Waals surface area contributed by atoms with Crippen LogP contribution < -0.4 is 5.32 Å². The minimum Gasteiger partial charge on any atom is -0.376 e. The molecule has 0 radical (unpaired) electrons. The molecule has 0 bridgehead atoms. The van der Waals surface area contributed by atoms with Crippen LogP contribution in [-0.2, 0) is 0 Å². The predicted molar refractivity (Wildman–Crippen MR) is 51.9 cm³/mol. The highest BCUT2D eigenvalue weighted by Gasteiger charge is 2.14. The van der Waals surface area contributed by atoms with E-state index in [0.717, 1.165) is 24.5 Å². The van der Waals surface area contributed by atoms with Crippen molar-refractivity contribution in [1.82, 2.24) is 5.32 Å². The van der Waals surface area contributed by atoms with Gasteiger partial charge in [-0.1, -0.05) is 13.8 Å². The molecule has 0 aromatic carbocycles. The second kappa shape index (κ2) is 5.86. The largest absolute Gasteiger partial charge is 0.376 e. The van der Waals surface area contributed by atoms with Crippen molar-refractivity contribution in [2.75, 3.05) is 18.1 Å². The lowest BCUT2D eigenvalue weighted by Gasteiger charge is -2.22. The Morgan fingerprint density at radius 1 is 1.45 bits per heavy atom. The zero-order valence-electron chi connectivity index (χ0n) is 7.68. The molecule has 0 aliphatic rings. The average molecular weight is 177 g/mol. The second-order valence-electron chi connectivity index (χ2n) is 2.75. The molecule has 1 atom stereocenters. The Kier molecular flexibility index (Phi) is 6.01. The van der Waals surface area contributed by atoms with Crippen molar-refractivity contribution in [3.8, 4) is 0 Å². The number of aliphatic hydroxyl groups is 1. The molecule has 68 valence electrons. The zero-order valence-corrected chi connectivity index (χ0v) is 8.50. The van der Waals surface area contributed by atoms with Crippen LogP contribution in [-0.4, -0.2) is 28.9 Å². The predicted octanol–water partition coefficient (Wildman–Crippen LogP) is 1.45. The highest BCUT2D eigenvalue weighted by molar-refractivity contribution is 7.99. The molecule has 0 aromatic rings. The first kappa shape index (κ1) is 11.3. The summed E-state index contributed by atoms with van der Waals surface area (Å²) in [5.41, 5.74) is -0.672. The van der Waals surface area contributed by atoms with E-state index >= 15 is 0 Å². The third kappa shape index (κ3) is 6.66. The fourth-order valence-electron chi connectivity index (χ4n) is 0.662. The lowest BCUT2D eigenvalue weighted by molar-refractivity contribution is 0.0226. The third-order valence-electron chi connectivity index (χ3n) is 1.64. The van der Waals surface area contributed by atoms with E-state index in [1.807, 2.05) is 25.6 Å². The minimum absolute atomic E-state index is 0.672. The van der Waals surface area contributed by atoms with E-state index in [1.54, 1.807) is 0 Å². The summed E-state index contributed by atoms with van der Waals surface area (Å²) >= 11 is 1.89. The fraction of sp³-hybridized carbons (Fsp3) is 1.00. The number of nitrogens with one attached hydrogen (secondary N) is 1. The highest BCUT2D eigenvalue weighted by atomic mass is 32.2. The summed E-state index contributed by atoms with van der Waals surface area (Å²) in [6.07, 6.45) is 0.754. The van der Waals surface area contributed by atoms with Crippen molar-refractivity contribution < 1.29 is 5.11 Å². The standard InChI is InChI=1S/C8H19NOS/c1-4-8(3,10)9-6-7-11-5-2/h9-10H,4-7H2,1-3H3. The first-order valence-corrected chi connectivity index (χ1v) is 5.33. The normalized spacial score (nSPS) is 16.4. The summed E-state index contributed by atoms with van der Waals surface area (Å²) in [5, 5.41) is 12.6. The Bertz CT molecular complexity index is 96.1. The first-order valence-electron chi connectivity index (χ1n) is 4.17. The molecule has 1 unspecified atom stereocenters. The van der Waals surface area contributed by atoms with Crippen LogP contribution in [0.15, 0.2) is 0 Å². The first-order chi connectivity index (χ1) is 5.12. The van der Waals surface area contributed by atoms with Gasteiger partial charge in [-0.15, -0.1) is 0 Å². The smallest absolute Gasteiger partial charge is 0.112 e. The van der Waals surface area contributed by atoms with Gasteiger partial charge in [-0.25, -0.2) is 0 Å². The number of thioether (sulfide) groups is 1. The summed E-state index contributed by atoms with van der Waals surface area (Å²) < 4.78 is 0. The Morgan fingerprint density at radius 2 is 2.09 bits per heavy atom. The van der Waals surface area contributed by atoms with Gasteiger partial charge in [-0.05, 0) is 19.1 Å². The van der Waals surface area contributed by atoms with Gasteiger partial charge in [0.1, 0.15) is 5.72 Å². The summed E-state index contributed by atoms with van der Waals surface area (Å²) in [7, 11) is 0. The van der Waals surface area contributed by atoms with Gasteiger partial charge in [0.2, 0.25) is 0 Å². The molecule has 0 aliphatic carbocycles. The summed E-state index contributed by atoms with van der Waals surface area (Å²) in [6.45, 7) is 6.81. The van der Waals surface area contributed by atoms with E-state index in [2.05, 4.69) is 12.2 Å². The Morgan fingerprint density at radius 3 is 2.55 bits per heavy atom. The molecule has 0 aliphatic heterocycles. The second-order valence-corrected chi connectivity index (χ2v) is 4.14. The van der Waals surface area contributed by atoms with Gasteiger partial charge >= 0.3 is 0 Å². The van der Waals surface area contributed by atoms with Gasteiger partial charge in [0, 0.05) is 12.3 Å². The topological polar surface area (TPSA) is 32.3 Å². The molecule has 2 nitrogen and oxygen atoms in total. The fourth-order valence-corrected chi connectivity index (χ4v) is 1.20. The van der Waals surface area contributed by atoms with Gasteiger partial charge in [0.05, 0.1) is 0 Å². The lowest BCUT2D eigenvalue weighted by Crippen LogP contribution is -2.42. The molecule has 0 saturated heterocycles. The van der Waals surface area contributed by atoms with Crippen molar-refractivity contribution in [2.45, 2.75) is 32.9 Å². The van der Waals surface area contributed by atoms with E-state index in [0.29, 0.717) is 0 Å². The molecule has 0 amide bonds. The number of rotatable bonds is 6. The lowest BCUT2D eigenvalue weighted by atomic mass is 10.2. The van der Waals surface area contributed by atoms with Crippen LogP contribution in [0.5, 0.6) is 0 Å². The maximum absolute atomic E-state index is 9.50. The molecule has 3 heteroatoms. The third-order valence-corrected chi connectivity index (χ3v) is 2.55. The molecule has 0 spiro atoms. The van der Waals surface area contributed by atoms with E-state index in [-0.39, 0.29) is 0 Å². The van der Waals surface area contributed by atoms with Gasteiger partial charge in [-0.2, -0.15) is 11.8 Å². The van der Waals surface area contributed by atoms with Gasteiger partial charge < -0.3 is 5.11 Å². The van der Waals surface area contributed by atoms with Crippen LogP contribution in [0.2, 0.25) is 0 Å². The quantitative estimate of drug-likeness (QED) is 0.476. The van der Waals surface area contributed by atoms with Crippen molar-refractivity contribution in [1.29, 1.82) is 0 Å². The van der Waals surface area contributed by atoms with Crippen LogP contribution in [0.4, 0.5) is 0 Å². The SMILES string of the molecule is CCSCCNC(C)(O)CC. The molecular formula is C8H19NOS. The number of hydrogen-bond acceptors (Lipinski definition) is 3. The molecule has 0 saturated carbocycles. The molecular weight excluding hydrogens is 158 g/mol.